The van der Waals surface area contributed by atoms with Gasteiger partial charge in [-0.15, -0.1) is 0 Å². The van der Waals surface area contributed by atoms with Gasteiger partial charge in [0.2, 0.25) is 0 Å². The van der Waals surface area contributed by atoms with E-state index in [1.165, 1.54) is 7.11 Å². The van der Waals surface area contributed by atoms with E-state index in [1.807, 2.05) is 20.0 Å². The molecule has 1 aromatic carbocycles. The van der Waals surface area contributed by atoms with Crippen molar-refractivity contribution < 1.29 is 22.6 Å². The molecule has 0 bridgehead atoms. The summed E-state index contributed by atoms with van der Waals surface area (Å²) in [6, 6.07) is 5.38. The SMILES string of the molecule is CNC(C)c1ccc(OC)cc1OCCCC(F)(F)F. The summed E-state index contributed by atoms with van der Waals surface area (Å²) in [4.78, 5) is 0. The Balaban J connectivity index is 2.70. The summed E-state index contributed by atoms with van der Waals surface area (Å²) in [6.07, 6.45) is -5.04. The Morgan fingerprint density at radius 1 is 1.30 bits per heavy atom. The molecule has 6 heteroatoms. The van der Waals surface area contributed by atoms with E-state index in [0.717, 1.165) is 5.56 Å². The van der Waals surface area contributed by atoms with E-state index in [4.69, 9.17) is 9.47 Å². The molecule has 20 heavy (non-hydrogen) atoms. The summed E-state index contributed by atoms with van der Waals surface area (Å²) in [6.45, 7) is 1.97. The minimum Gasteiger partial charge on any atom is -0.497 e. The molecule has 0 fully saturated rings. The van der Waals surface area contributed by atoms with E-state index in [1.54, 1.807) is 12.1 Å². The third-order valence-corrected chi connectivity index (χ3v) is 2.98. The number of alkyl halides is 3. The Bertz CT molecular complexity index is 421. The normalized spacial score (nSPS) is 13.1. The van der Waals surface area contributed by atoms with E-state index in [-0.39, 0.29) is 19.1 Å². The summed E-state index contributed by atoms with van der Waals surface area (Å²) < 4.78 is 46.8. The van der Waals surface area contributed by atoms with E-state index < -0.39 is 12.6 Å². The van der Waals surface area contributed by atoms with Crippen LogP contribution < -0.4 is 14.8 Å². The molecule has 3 nitrogen and oxygen atoms in total. The standard InChI is InChI=1S/C14H20F3NO2/c1-10(18-2)12-6-5-11(19-3)9-13(12)20-8-4-7-14(15,16)17/h5-6,9-10,18H,4,7-8H2,1-3H3. The molecule has 0 aliphatic rings. The van der Waals surface area contributed by atoms with Gasteiger partial charge in [0, 0.05) is 24.1 Å². The lowest BCUT2D eigenvalue weighted by molar-refractivity contribution is -0.136. The third kappa shape index (κ3) is 5.28. The lowest BCUT2D eigenvalue weighted by Crippen LogP contribution is -2.15. The van der Waals surface area contributed by atoms with E-state index >= 15 is 0 Å². The lowest BCUT2D eigenvalue weighted by atomic mass is 10.1. The van der Waals surface area contributed by atoms with Crippen LogP contribution in [0.5, 0.6) is 11.5 Å². The first-order chi connectivity index (χ1) is 9.37. The molecule has 1 unspecified atom stereocenters. The summed E-state index contributed by atoms with van der Waals surface area (Å²) in [5.41, 5.74) is 0.889. The predicted octanol–water partition coefficient (Wildman–Crippen LogP) is 3.70. The van der Waals surface area contributed by atoms with Crippen LogP contribution in [0.15, 0.2) is 18.2 Å². The van der Waals surface area contributed by atoms with Crippen LogP contribution in [0, 0.1) is 0 Å². The highest BCUT2D eigenvalue weighted by atomic mass is 19.4. The van der Waals surface area contributed by atoms with Crippen LogP contribution in [0.1, 0.15) is 31.4 Å². The van der Waals surface area contributed by atoms with Crippen molar-refractivity contribution in [3.63, 3.8) is 0 Å². The average Bonchev–Trinajstić information content (AvgIpc) is 2.41. The van der Waals surface area contributed by atoms with Crippen molar-refractivity contribution in [2.24, 2.45) is 0 Å². The third-order valence-electron chi connectivity index (χ3n) is 2.98. The van der Waals surface area contributed by atoms with Crippen molar-refractivity contribution in [1.82, 2.24) is 5.32 Å². The Kier molecular flexibility index (Phi) is 6.13. The van der Waals surface area contributed by atoms with Crippen LogP contribution in [0.2, 0.25) is 0 Å². The van der Waals surface area contributed by atoms with Gasteiger partial charge in [-0.1, -0.05) is 6.07 Å². The van der Waals surface area contributed by atoms with Gasteiger partial charge in [0.05, 0.1) is 13.7 Å². The second-order valence-corrected chi connectivity index (χ2v) is 4.48. The van der Waals surface area contributed by atoms with Crippen LogP contribution >= 0.6 is 0 Å². The van der Waals surface area contributed by atoms with Gasteiger partial charge in [0.25, 0.3) is 0 Å². The molecule has 1 N–H and O–H groups in total. The molecule has 1 atom stereocenters. The van der Waals surface area contributed by atoms with Crippen molar-refractivity contribution in [2.45, 2.75) is 32.0 Å². The van der Waals surface area contributed by atoms with Gasteiger partial charge in [0.15, 0.2) is 0 Å². The van der Waals surface area contributed by atoms with Gasteiger partial charge in [-0.3, -0.25) is 0 Å². The minimum absolute atomic E-state index is 0.0239. The van der Waals surface area contributed by atoms with Crippen molar-refractivity contribution in [2.75, 3.05) is 20.8 Å². The first kappa shape index (κ1) is 16.6. The number of nitrogens with one attached hydrogen (secondary N) is 1. The highest BCUT2D eigenvalue weighted by Gasteiger charge is 2.26. The highest BCUT2D eigenvalue weighted by Crippen LogP contribution is 2.30. The molecule has 0 saturated carbocycles. The zero-order valence-corrected chi connectivity index (χ0v) is 11.9. The Morgan fingerprint density at radius 3 is 2.55 bits per heavy atom. The number of benzene rings is 1. The Morgan fingerprint density at radius 2 is 2.00 bits per heavy atom. The second-order valence-electron chi connectivity index (χ2n) is 4.48. The van der Waals surface area contributed by atoms with E-state index in [2.05, 4.69) is 5.32 Å². The Hall–Kier alpha value is -1.43. The molecule has 0 spiro atoms. The van der Waals surface area contributed by atoms with E-state index in [0.29, 0.717) is 11.5 Å². The summed E-state index contributed by atoms with van der Waals surface area (Å²) in [7, 11) is 3.34. The minimum atomic E-state index is -4.14. The molecule has 0 aliphatic carbocycles. The van der Waals surface area contributed by atoms with Crippen LogP contribution in [-0.2, 0) is 0 Å². The van der Waals surface area contributed by atoms with Crippen LogP contribution in [0.4, 0.5) is 13.2 Å². The number of hydrogen-bond donors (Lipinski definition) is 1. The topological polar surface area (TPSA) is 30.5 Å². The van der Waals surface area contributed by atoms with Crippen molar-refractivity contribution >= 4 is 0 Å². The molecule has 1 rings (SSSR count). The maximum Gasteiger partial charge on any atom is 0.389 e. The molecule has 1 aromatic rings. The molecule has 0 aliphatic heterocycles. The molecular weight excluding hydrogens is 271 g/mol. The fourth-order valence-electron chi connectivity index (χ4n) is 1.73. The summed E-state index contributed by atoms with van der Waals surface area (Å²) in [5, 5.41) is 3.07. The fraction of sp³-hybridized carbons (Fsp3) is 0.571. The number of ether oxygens (including phenoxy) is 2. The monoisotopic (exact) mass is 291 g/mol. The maximum absolute atomic E-state index is 12.1. The number of halogens is 3. The Labute approximate surface area is 117 Å². The molecule has 0 radical (unpaired) electrons. The van der Waals surface area contributed by atoms with E-state index in [9.17, 15) is 13.2 Å². The first-order valence-corrected chi connectivity index (χ1v) is 6.42. The fourth-order valence-corrected chi connectivity index (χ4v) is 1.73. The van der Waals surface area contributed by atoms with Crippen LogP contribution in [0.25, 0.3) is 0 Å². The van der Waals surface area contributed by atoms with Gasteiger partial charge in [-0.25, -0.2) is 0 Å². The van der Waals surface area contributed by atoms with Gasteiger partial charge >= 0.3 is 6.18 Å². The lowest BCUT2D eigenvalue weighted by Gasteiger charge is -2.17. The zero-order valence-electron chi connectivity index (χ0n) is 11.9. The van der Waals surface area contributed by atoms with Gasteiger partial charge in [0.1, 0.15) is 11.5 Å². The molecule has 0 amide bonds. The summed E-state index contributed by atoms with van der Waals surface area (Å²) >= 11 is 0. The highest BCUT2D eigenvalue weighted by molar-refractivity contribution is 5.42. The molecular formula is C14H20F3NO2. The van der Waals surface area contributed by atoms with Crippen molar-refractivity contribution in [3.05, 3.63) is 23.8 Å². The van der Waals surface area contributed by atoms with Gasteiger partial charge in [-0.2, -0.15) is 13.2 Å². The quantitative estimate of drug-likeness (QED) is 0.777. The summed E-state index contributed by atoms with van der Waals surface area (Å²) in [5.74, 6) is 1.16. The smallest absolute Gasteiger partial charge is 0.389 e. The molecule has 0 saturated heterocycles. The van der Waals surface area contributed by atoms with Crippen LogP contribution in [-0.4, -0.2) is 26.9 Å². The van der Waals surface area contributed by atoms with Gasteiger partial charge < -0.3 is 14.8 Å². The average molecular weight is 291 g/mol. The van der Waals surface area contributed by atoms with Crippen LogP contribution in [0.3, 0.4) is 0 Å². The number of hydrogen-bond acceptors (Lipinski definition) is 3. The predicted molar refractivity (Wildman–Crippen MR) is 71.3 cm³/mol. The first-order valence-electron chi connectivity index (χ1n) is 6.42. The largest absolute Gasteiger partial charge is 0.497 e. The van der Waals surface area contributed by atoms with Crippen molar-refractivity contribution in [3.8, 4) is 11.5 Å². The molecule has 0 aromatic heterocycles. The second kappa shape index (κ2) is 7.38. The maximum atomic E-state index is 12.1. The number of methoxy groups -OCH3 is 1. The zero-order chi connectivity index (χ0) is 15.2. The van der Waals surface area contributed by atoms with Gasteiger partial charge in [-0.05, 0) is 26.5 Å². The molecule has 114 valence electrons. The number of rotatable bonds is 7. The molecule has 0 heterocycles. The van der Waals surface area contributed by atoms with Crippen molar-refractivity contribution in [1.29, 1.82) is 0 Å².